The van der Waals surface area contributed by atoms with Crippen molar-refractivity contribution in [2.24, 2.45) is 0 Å². The topological polar surface area (TPSA) is 61.1 Å². The van der Waals surface area contributed by atoms with Crippen molar-refractivity contribution in [2.45, 2.75) is 18.9 Å². The second kappa shape index (κ2) is 5.68. The lowest BCUT2D eigenvalue weighted by Crippen LogP contribution is -2.34. The van der Waals surface area contributed by atoms with Gasteiger partial charge in [0, 0.05) is 11.1 Å². The van der Waals surface area contributed by atoms with Gasteiger partial charge in [0.2, 0.25) is 11.4 Å². The quantitative estimate of drug-likeness (QED) is 0.683. The fourth-order valence-corrected chi connectivity index (χ4v) is 2.17. The van der Waals surface area contributed by atoms with Crippen molar-refractivity contribution in [1.82, 2.24) is 0 Å². The highest BCUT2D eigenvalue weighted by molar-refractivity contribution is 6.05. The third kappa shape index (κ3) is 2.34. The number of aliphatic hydroxyl groups is 1. The predicted molar refractivity (Wildman–Crippen MR) is 76.1 cm³/mol. The first-order valence-corrected chi connectivity index (χ1v) is 6.45. The largest absolute Gasteiger partial charge is 0.365 e. The van der Waals surface area contributed by atoms with Crippen LogP contribution in [0.3, 0.4) is 0 Å². The zero-order valence-electron chi connectivity index (χ0n) is 11.2. The number of hydrogen-bond acceptors (Lipinski definition) is 3. The molecule has 2 aromatic rings. The minimum absolute atomic E-state index is 0.290. The summed E-state index contributed by atoms with van der Waals surface area (Å²) in [7, 11) is 0. The molecular weight excluding hydrogens is 250 g/mol. The molecule has 0 spiro atoms. The molecule has 20 heavy (non-hydrogen) atoms. The van der Waals surface area contributed by atoms with E-state index in [2.05, 4.69) is 0 Å². The molecule has 1 unspecified atom stereocenters. The molecule has 0 amide bonds. The Balaban J connectivity index is 2.53. The van der Waals surface area contributed by atoms with Crippen LogP contribution in [0.2, 0.25) is 0 Å². The molecule has 0 fully saturated rings. The molecule has 0 bridgehead atoms. The van der Waals surface area contributed by atoms with Crippen LogP contribution in [0.15, 0.2) is 54.6 Å². The van der Waals surface area contributed by atoms with E-state index in [-0.39, 0.29) is 0 Å². The van der Waals surface area contributed by atoms with Crippen molar-refractivity contribution < 1.29 is 9.90 Å². The Morgan fingerprint density at radius 3 is 2.35 bits per heavy atom. The Kier molecular flexibility index (Phi) is 3.97. The van der Waals surface area contributed by atoms with Gasteiger partial charge < -0.3 is 5.11 Å². The van der Waals surface area contributed by atoms with Gasteiger partial charge in [-0.05, 0) is 12.0 Å². The molecule has 0 aromatic heterocycles. The Morgan fingerprint density at radius 2 is 1.75 bits per heavy atom. The summed E-state index contributed by atoms with van der Waals surface area (Å²) in [6.45, 7) is 1.93. The molecule has 1 N–H and O–H groups in total. The summed E-state index contributed by atoms with van der Waals surface area (Å²) in [6.07, 6.45) is 0.665. The predicted octanol–water partition coefficient (Wildman–Crippen LogP) is 2.84. The van der Waals surface area contributed by atoms with Gasteiger partial charge in [0.25, 0.3) is 0 Å². The van der Waals surface area contributed by atoms with E-state index in [1.807, 2.05) is 19.1 Å². The normalized spacial score (nSPS) is 13.2. The maximum absolute atomic E-state index is 12.6. The Morgan fingerprint density at radius 1 is 1.15 bits per heavy atom. The second-order valence-corrected chi connectivity index (χ2v) is 4.53. The highest BCUT2D eigenvalue weighted by Gasteiger charge is 2.39. The van der Waals surface area contributed by atoms with E-state index in [0.29, 0.717) is 17.5 Å². The van der Waals surface area contributed by atoms with E-state index in [1.165, 1.54) is 0 Å². The summed E-state index contributed by atoms with van der Waals surface area (Å²) < 4.78 is 0. The van der Waals surface area contributed by atoms with Crippen molar-refractivity contribution in [2.75, 3.05) is 0 Å². The van der Waals surface area contributed by atoms with Crippen molar-refractivity contribution in [3.8, 4) is 6.07 Å². The molecule has 2 aromatic carbocycles. The molecular formula is C17H15NO2. The number of nitriles is 1. The van der Waals surface area contributed by atoms with Crippen LogP contribution in [0, 0.1) is 11.3 Å². The molecule has 3 heteroatoms. The molecule has 2 rings (SSSR count). The minimum Gasteiger partial charge on any atom is -0.365 e. The van der Waals surface area contributed by atoms with Crippen LogP contribution in [0.1, 0.15) is 28.4 Å². The minimum atomic E-state index is -2.15. The average Bonchev–Trinajstić information content (AvgIpc) is 2.54. The van der Waals surface area contributed by atoms with E-state index in [4.69, 9.17) is 0 Å². The van der Waals surface area contributed by atoms with Gasteiger partial charge in [0.15, 0.2) is 0 Å². The number of carbonyl (C=O) groups is 1. The lowest BCUT2D eigenvalue weighted by atomic mass is 9.85. The zero-order chi connectivity index (χ0) is 14.6. The number of aryl methyl sites for hydroxylation is 1. The van der Waals surface area contributed by atoms with E-state index < -0.39 is 11.4 Å². The molecule has 0 aliphatic rings. The molecule has 0 saturated carbocycles. The maximum Gasteiger partial charge on any atom is 0.240 e. The van der Waals surface area contributed by atoms with Crippen molar-refractivity contribution >= 4 is 5.78 Å². The van der Waals surface area contributed by atoms with Crippen LogP contribution >= 0.6 is 0 Å². The molecule has 100 valence electrons. The Hall–Kier alpha value is -2.44. The van der Waals surface area contributed by atoms with Crippen LogP contribution in [0.25, 0.3) is 0 Å². The number of carbonyl (C=O) groups excluding carboxylic acids is 1. The molecule has 0 aliphatic heterocycles. The molecule has 0 radical (unpaired) electrons. The standard InChI is InChI=1S/C17H15NO2/c1-2-13-8-6-7-11-15(13)16(19)17(20,12-18)14-9-4-3-5-10-14/h3-11,20H,2H2,1H3. The molecule has 3 nitrogen and oxygen atoms in total. The van der Waals surface area contributed by atoms with Gasteiger partial charge in [0.1, 0.15) is 6.07 Å². The monoisotopic (exact) mass is 265 g/mol. The van der Waals surface area contributed by atoms with Crippen molar-refractivity contribution in [3.05, 3.63) is 71.3 Å². The summed E-state index contributed by atoms with van der Waals surface area (Å²) in [5.74, 6) is -0.580. The summed E-state index contributed by atoms with van der Waals surface area (Å²) in [5.41, 5.74) is -0.643. The SMILES string of the molecule is CCc1ccccc1C(=O)C(O)(C#N)c1ccccc1. The van der Waals surface area contributed by atoms with E-state index >= 15 is 0 Å². The van der Waals surface area contributed by atoms with Crippen molar-refractivity contribution in [1.29, 1.82) is 5.26 Å². The van der Waals surface area contributed by atoms with Crippen LogP contribution < -0.4 is 0 Å². The third-order valence-corrected chi connectivity index (χ3v) is 3.32. The number of nitrogens with zero attached hydrogens (tertiary/aromatic N) is 1. The molecule has 0 saturated heterocycles. The van der Waals surface area contributed by atoms with Crippen LogP contribution in [0.4, 0.5) is 0 Å². The lowest BCUT2D eigenvalue weighted by Gasteiger charge is -2.20. The smallest absolute Gasteiger partial charge is 0.240 e. The van der Waals surface area contributed by atoms with Gasteiger partial charge in [-0.15, -0.1) is 0 Å². The first kappa shape index (κ1) is 14.0. The first-order chi connectivity index (χ1) is 9.63. The lowest BCUT2D eigenvalue weighted by molar-refractivity contribution is 0.0545. The fourth-order valence-electron chi connectivity index (χ4n) is 2.17. The number of Topliss-reactive ketones (excluding diaryl/α,β-unsaturated/α-hetero) is 1. The third-order valence-electron chi connectivity index (χ3n) is 3.32. The zero-order valence-corrected chi connectivity index (χ0v) is 11.2. The maximum atomic E-state index is 12.6. The Labute approximate surface area is 118 Å². The summed E-state index contributed by atoms with van der Waals surface area (Å²) >= 11 is 0. The molecule has 0 aliphatic carbocycles. The molecule has 0 heterocycles. The number of hydrogen-bond donors (Lipinski definition) is 1. The van der Waals surface area contributed by atoms with E-state index in [0.717, 1.165) is 5.56 Å². The highest BCUT2D eigenvalue weighted by Crippen LogP contribution is 2.26. The van der Waals surface area contributed by atoms with Crippen LogP contribution in [-0.4, -0.2) is 10.9 Å². The number of benzene rings is 2. The second-order valence-electron chi connectivity index (χ2n) is 4.53. The van der Waals surface area contributed by atoms with Gasteiger partial charge in [-0.25, -0.2) is 0 Å². The Bertz CT molecular complexity index is 658. The number of ketones is 1. The van der Waals surface area contributed by atoms with Gasteiger partial charge in [-0.3, -0.25) is 4.79 Å². The fraction of sp³-hybridized carbons (Fsp3) is 0.176. The number of rotatable bonds is 4. The van der Waals surface area contributed by atoms with Crippen LogP contribution in [-0.2, 0) is 12.0 Å². The summed E-state index contributed by atoms with van der Waals surface area (Å²) in [5, 5.41) is 19.8. The van der Waals surface area contributed by atoms with Crippen molar-refractivity contribution in [3.63, 3.8) is 0 Å². The van der Waals surface area contributed by atoms with Gasteiger partial charge in [-0.1, -0.05) is 61.5 Å². The van der Waals surface area contributed by atoms with Gasteiger partial charge in [-0.2, -0.15) is 5.26 Å². The van der Waals surface area contributed by atoms with E-state index in [1.54, 1.807) is 48.5 Å². The van der Waals surface area contributed by atoms with Gasteiger partial charge >= 0.3 is 0 Å². The first-order valence-electron chi connectivity index (χ1n) is 6.45. The molecule has 1 atom stereocenters. The highest BCUT2D eigenvalue weighted by atomic mass is 16.3. The van der Waals surface area contributed by atoms with Gasteiger partial charge in [0.05, 0.1) is 0 Å². The summed E-state index contributed by atoms with van der Waals surface area (Å²) in [6, 6.07) is 17.1. The van der Waals surface area contributed by atoms with Crippen LogP contribution in [0.5, 0.6) is 0 Å². The average molecular weight is 265 g/mol. The van der Waals surface area contributed by atoms with E-state index in [9.17, 15) is 15.2 Å². The summed E-state index contributed by atoms with van der Waals surface area (Å²) in [4.78, 5) is 12.6.